The van der Waals surface area contributed by atoms with Gasteiger partial charge in [0, 0.05) is 26.0 Å². The van der Waals surface area contributed by atoms with E-state index < -0.39 is 0 Å². The van der Waals surface area contributed by atoms with Crippen LogP contribution in [-0.2, 0) is 4.79 Å². The number of aliphatic hydroxyl groups excluding tert-OH is 1. The molecule has 0 spiro atoms. The Morgan fingerprint density at radius 1 is 1.17 bits per heavy atom. The van der Waals surface area contributed by atoms with Crippen molar-refractivity contribution in [2.75, 3.05) is 19.7 Å². The largest absolute Gasteiger partial charge is 0.396 e. The normalized spacial score (nSPS) is 47.0. The Hall–Kier alpha value is -0.930. The Morgan fingerprint density at radius 3 is 2.79 bits per heavy atom. The predicted octanol–water partition coefficient (Wildman–Crippen LogP) is 4.66. The Kier molecular flexibility index (Phi) is 5.06. The van der Waals surface area contributed by atoms with Gasteiger partial charge in [-0.15, -0.1) is 0 Å². The van der Waals surface area contributed by atoms with E-state index in [1.165, 1.54) is 44.2 Å². The van der Waals surface area contributed by atoms with Gasteiger partial charge in [0.25, 0.3) is 0 Å². The van der Waals surface area contributed by atoms with Gasteiger partial charge in [-0.3, -0.25) is 4.79 Å². The van der Waals surface area contributed by atoms with Gasteiger partial charge in [0.1, 0.15) is 5.78 Å². The number of rotatable bonds is 3. The fourth-order valence-corrected chi connectivity index (χ4v) is 8.42. The molecule has 0 radical (unpaired) electrons. The third kappa shape index (κ3) is 3.02. The molecule has 160 valence electrons. The molecule has 0 aromatic rings. The summed E-state index contributed by atoms with van der Waals surface area (Å²) >= 11 is 0. The minimum Gasteiger partial charge on any atom is -0.396 e. The van der Waals surface area contributed by atoms with Gasteiger partial charge >= 0.3 is 0 Å². The lowest BCUT2D eigenvalue weighted by Gasteiger charge is -2.59. The fourth-order valence-electron chi connectivity index (χ4n) is 8.42. The van der Waals surface area contributed by atoms with E-state index in [-0.39, 0.29) is 12.0 Å². The van der Waals surface area contributed by atoms with Crippen LogP contribution in [0.15, 0.2) is 23.3 Å². The number of piperidine rings is 1. The number of carbonyl (C=O) groups excluding carboxylic acids is 1. The number of ketones is 1. The van der Waals surface area contributed by atoms with Crippen LogP contribution in [0.1, 0.15) is 71.6 Å². The van der Waals surface area contributed by atoms with Crippen LogP contribution in [0.3, 0.4) is 0 Å². The molecule has 1 unspecified atom stereocenters. The van der Waals surface area contributed by atoms with Crippen molar-refractivity contribution in [2.45, 2.75) is 71.6 Å². The quantitative estimate of drug-likeness (QED) is 0.681. The molecule has 29 heavy (non-hydrogen) atoms. The van der Waals surface area contributed by atoms with Gasteiger partial charge in [0.05, 0.1) is 0 Å². The van der Waals surface area contributed by atoms with Crippen molar-refractivity contribution in [3.05, 3.63) is 23.3 Å². The van der Waals surface area contributed by atoms with Crippen LogP contribution in [0.4, 0.5) is 0 Å². The van der Waals surface area contributed by atoms with E-state index in [1.54, 1.807) is 5.57 Å². The molecule has 3 nitrogen and oxygen atoms in total. The summed E-state index contributed by atoms with van der Waals surface area (Å²) in [7, 11) is 0. The highest BCUT2D eigenvalue weighted by atomic mass is 16.3. The number of allylic oxidation sites excluding steroid dienone is 3. The molecule has 0 aromatic carbocycles. The summed E-state index contributed by atoms with van der Waals surface area (Å²) in [4.78, 5) is 12.2. The molecule has 4 aliphatic carbocycles. The molecule has 1 aliphatic heterocycles. The molecule has 0 aromatic heterocycles. The maximum atomic E-state index is 12.2. The molecule has 1 heterocycles. The average Bonchev–Trinajstić information content (AvgIpc) is 3.07. The second-order valence-corrected chi connectivity index (χ2v) is 11.2. The fraction of sp³-hybridized carbons (Fsp3) is 0.808. The van der Waals surface area contributed by atoms with Crippen molar-refractivity contribution in [3.63, 3.8) is 0 Å². The standard InChI is InChI=1S/C26H39NO2/c1-25-10-7-20(29)15-19(25)14-17(9-13-28)24-22-6-5-21(18-4-3-12-27-16-18)26(22,2)11-8-23(24)25/h5,14,17-18,22-24,27-28H,3-4,6-13,15-16H2,1-2H3/t17-,18?,22+,23+,24+,25+,26-/m1/s1. The SMILES string of the molecule is C[C@]12CCC(=O)CC1=C[C@@H](CCO)[C@@H]1[C@@H]2CC[C@]2(C)C(C3CCCNC3)=CC[C@@H]12. The summed E-state index contributed by atoms with van der Waals surface area (Å²) in [6.07, 6.45) is 14.9. The first kappa shape index (κ1) is 20.0. The maximum absolute atomic E-state index is 12.2. The second-order valence-electron chi connectivity index (χ2n) is 11.2. The monoisotopic (exact) mass is 397 g/mol. The van der Waals surface area contributed by atoms with Gasteiger partial charge in [0.15, 0.2) is 0 Å². The molecular formula is C26H39NO2. The predicted molar refractivity (Wildman–Crippen MR) is 116 cm³/mol. The molecule has 5 rings (SSSR count). The van der Waals surface area contributed by atoms with Crippen LogP contribution in [0.2, 0.25) is 0 Å². The van der Waals surface area contributed by atoms with E-state index in [1.807, 2.05) is 0 Å². The third-order valence-corrected chi connectivity index (χ3v) is 9.94. The molecule has 2 N–H and O–H groups in total. The lowest BCUT2D eigenvalue weighted by atomic mass is 9.45. The smallest absolute Gasteiger partial charge is 0.136 e. The van der Waals surface area contributed by atoms with Gasteiger partial charge in [-0.2, -0.15) is 0 Å². The summed E-state index contributed by atoms with van der Waals surface area (Å²) in [6.45, 7) is 7.64. The van der Waals surface area contributed by atoms with E-state index in [9.17, 15) is 9.90 Å². The average molecular weight is 398 g/mol. The van der Waals surface area contributed by atoms with Crippen molar-refractivity contribution in [2.24, 2.45) is 40.4 Å². The first-order valence-corrected chi connectivity index (χ1v) is 12.2. The van der Waals surface area contributed by atoms with E-state index >= 15 is 0 Å². The van der Waals surface area contributed by atoms with Gasteiger partial charge in [0.2, 0.25) is 0 Å². The number of aliphatic hydroxyl groups is 1. The van der Waals surface area contributed by atoms with Crippen LogP contribution in [0, 0.1) is 40.4 Å². The van der Waals surface area contributed by atoms with Crippen LogP contribution >= 0.6 is 0 Å². The second kappa shape index (κ2) is 7.34. The highest BCUT2D eigenvalue weighted by molar-refractivity contribution is 5.82. The van der Waals surface area contributed by atoms with Gasteiger partial charge in [-0.05, 0) is 91.9 Å². The molecule has 3 heteroatoms. The number of nitrogens with one attached hydrogen (secondary N) is 1. The zero-order valence-electron chi connectivity index (χ0n) is 18.4. The number of fused-ring (bicyclic) bond motifs is 5. The number of hydrogen-bond donors (Lipinski definition) is 2. The molecule has 2 saturated carbocycles. The molecule has 1 saturated heterocycles. The molecule has 7 atom stereocenters. The first-order chi connectivity index (χ1) is 14.0. The minimum atomic E-state index is 0.209. The Balaban J connectivity index is 1.49. The zero-order chi connectivity index (χ0) is 20.2. The Morgan fingerprint density at radius 2 is 2.03 bits per heavy atom. The third-order valence-electron chi connectivity index (χ3n) is 9.94. The van der Waals surface area contributed by atoms with Crippen LogP contribution in [-0.4, -0.2) is 30.6 Å². The molecule has 0 amide bonds. The Labute approximate surface area is 176 Å². The topological polar surface area (TPSA) is 49.3 Å². The van der Waals surface area contributed by atoms with Gasteiger partial charge in [-0.1, -0.05) is 37.1 Å². The zero-order valence-corrected chi connectivity index (χ0v) is 18.4. The molecule has 3 fully saturated rings. The van der Waals surface area contributed by atoms with Crippen molar-refractivity contribution in [1.29, 1.82) is 0 Å². The molecular weight excluding hydrogens is 358 g/mol. The van der Waals surface area contributed by atoms with E-state index in [4.69, 9.17) is 0 Å². The van der Waals surface area contributed by atoms with E-state index in [0.717, 1.165) is 31.7 Å². The van der Waals surface area contributed by atoms with Gasteiger partial charge in [-0.25, -0.2) is 0 Å². The molecule has 5 aliphatic rings. The number of hydrogen-bond acceptors (Lipinski definition) is 3. The van der Waals surface area contributed by atoms with Crippen molar-refractivity contribution in [1.82, 2.24) is 5.32 Å². The Bertz CT molecular complexity index is 733. The van der Waals surface area contributed by atoms with Crippen molar-refractivity contribution in [3.8, 4) is 0 Å². The van der Waals surface area contributed by atoms with Crippen molar-refractivity contribution >= 4 is 5.78 Å². The number of Topliss-reactive ketones (excluding diaryl/α,β-unsaturated/α-hetero) is 1. The van der Waals surface area contributed by atoms with E-state index in [0.29, 0.717) is 41.3 Å². The maximum Gasteiger partial charge on any atom is 0.136 e. The first-order valence-electron chi connectivity index (χ1n) is 12.2. The summed E-state index contributed by atoms with van der Waals surface area (Å²) in [5.74, 6) is 3.65. The van der Waals surface area contributed by atoms with Crippen LogP contribution in [0.5, 0.6) is 0 Å². The highest BCUT2D eigenvalue weighted by Gasteiger charge is 2.59. The summed E-state index contributed by atoms with van der Waals surface area (Å²) in [5, 5.41) is 13.5. The van der Waals surface area contributed by atoms with Crippen molar-refractivity contribution < 1.29 is 9.90 Å². The van der Waals surface area contributed by atoms with Crippen LogP contribution in [0.25, 0.3) is 0 Å². The lowest BCUT2D eigenvalue weighted by Crippen LogP contribution is -2.53. The summed E-state index contributed by atoms with van der Waals surface area (Å²) in [5.41, 5.74) is 3.72. The summed E-state index contributed by atoms with van der Waals surface area (Å²) in [6, 6.07) is 0. The lowest BCUT2D eigenvalue weighted by molar-refractivity contribution is -0.122. The highest BCUT2D eigenvalue weighted by Crippen LogP contribution is 2.67. The van der Waals surface area contributed by atoms with E-state index in [2.05, 4.69) is 31.3 Å². The minimum absolute atomic E-state index is 0.209. The summed E-state index contributed by atoms with van der Waals surface area (Å²) < 4.78 is 0. The number of carbonyl (C=O) groups is 1. The van der Waals surface area contributed by atoms with Gasteiger partial charge < -0.3 is 10.4 Å². The molecule has 0 bridgehead atoms. The van der Waals surface area contributed by atoms with Crippen LogP contribution < -0.4 is 5.32 Å².